The smallest absolute Gasteiger partial charge is 0.323 e. The molecule has 0 aliphatic carbocycles. The summed E-state index contributed by atoms with van der Waals surface area (Å²) in [5.41, 5.74) is 5.57. The average Bonchev–Trinajstić information content (AvgIpc) is 3.22. The first-order valence-corrected chi connectivity index (χ1v) is 10.6. The summed E-state index contributed by atoms with van der Waals surface area (Å²) in [5.74, 6) is 0.0912. The maximum Gasteiger partial charge on any atom is 0.323 e. The number of fused-ring (bicyclic) bond motifs is 2. The van der Waals surface area contributed by atoms with Gasteiger partial charge in [0, 0.05) is 42.2 Å². The Balaban J connectivity index is 1.27. The maximum absolute atomic E-state index is 13.0. The van der Waals surface area contributed by atoms with Gasteiger partial charge in [0.1, 0.15) is 0 Å². The Morgan fingerprint density at radius 2 is 1.91 bits per heavy atom. The molecule has 0 saturated heterocycles. The number of hydrogen-bond donors (Lipinski definition) is 3. The van der Waals surface area contributed by atoms with Crippen LogP contribution in [0.3, 0.4) is 0 Å². The zero-order valence-corrected chi connectivity index (χ0v) is 17.5. The minimum absolute atomic E-state index is 0.0912. The molecule has 0 atom stereocenters. The van der Waals surface area contributed by atoms with Gasteiger partial charge in [-0.2, -0.15) is 0 Å². The van der Waals surface area contributed by atoms with E-state index in [1.165, 1.54) is 0 Å². The van der Waals surface area contributed by atoms with Crippen LogP contribution < -0.4 is 10.6 Å². The van der Waals surface area contributed by atoms with Crippen molar-refractivity contribution in [2.75, 3.05) is 17.2 Å². The summed E-state index contributed by atoms with van der Waals surface area (Å²) in [7, 11) is 0. The molecule has 3 heterocycles. The van der Waals surface area contributed by atoms with Gasteiger partial charge in [-0.3, -0.25) is 9.78 Å². The second-order valence-electron chi connectivity index (χ2n) is 7.87. The Bertz CT molecular complexity index is 1280. The number of nitrogens with one attached hydrogen (secondary N) is 3. The average molecular weight is 425 g/mol. The van der Waals surface area contributed by atoms with Crippen molar-refractivity contribution in [3.8, 4) is 0 Å². The molecule has 0 bridgehead atoms. The van der Waals surface area contributed by atoms with Crippen LogP contribution in [0.25, 0.3) is 10.9 Å². The van der Waals surface area contributed by atoms with E-state index in [2.05, 4.69) is 20.6 Å². The highest BCUT2D eigenvalue weighted by atomic mass is 16.2. The molecule has 0 spiro atoms. The number of amides is 3. The third-order valence-corrected chi connectivity index (χ3v) is 5.81. The molecule has 0 unspecified atom stereocenters. The lowest BCUT2D eigenvalue weighted by Gasteiger charge is -2.30. The normalized spacial score (nSPS) is 12.9. The highest BCUT2D eigenvalue weighted by Gasteiger charge is 2.23. The van der Waals surface area contributed by atoms with Crippen molar-refractivity contribution >= 4 is 34.2 Å². The van der Waals surface area contributed by atoms with Gasteiger partial charge in [-0.05, 0) is 47.4 Å². The Morgan fingerprint density at radius 1 is 1.03 bits per heavy atom. The predicted octanol–water partition coefficient (Wildman–Crippen LogP) is 4.33. The number of rotatable bonds is 4. The van der Waals surface area contributed by atoms with Gasteiger partial charge < -0.3 is 20.5 Å². The van der Waals surface area contributed by atoms with Gasteiger partial charge in [-0.1, -0.05) is 30.3 Å². The lowest BCUT2D eigenvalue weighted by Crippen LogP contribution is -2.37. The third-order valence-electron chi connectivity index (χ3n) is 5.81. The van der Waals surface area contributed by atoms with Gasteiger partial charge in [0.2, 0.25) is 5.91 Å². The molecule has 2 aromatic heterocycles. The van der Waals surface area contributed by atoms with Crippen molar-refractivity contribution < 1.29 is 9.59 Å². The van der Waals surface area contributed by atoms with E-state index in [1.54, 1.807) is 12.4 Å². The molecular weight excluding hydrogens is 402 g/mol. The zero-order valence-electron chi connectivity index (χ0n) is 17.5. The molecule has 3 N–H and O–H groups in total. The number of hydrogen-bond acceptors (Lipinski definition) is 3. The number of nitrogens with zero attached hydrogens (tertiary/aromatic N) is 2. The number of para-hydroxylation sites is 1. The molecule has 1 aliphatic heterocycles. The number of pyridine rings is 1. The van der Waals surface area contributed by atoms with Crippen LogP contribution in [0.4, 0.5) is 16.2 Å². The van der Waals surface area contributed by atoms with Gasteiger partial charge >= 0.3 is 6.03 Å². The van der Waals surface area contributed by atoms with Gasteiger partial charge in [0.05, 0.1) is 18.1 Å². The molecule has 1 aliphatic rings. The fourth-order valence-electron chi connectivity index (χ4n) is 4.20. The van der Waals surface area contributed by atoms with Gasteiger partial charge in [-0.15, -0.1) is 0 Å². The van der Waals surface area contributed by atoms with Crippen LogP contribution in [-0.2, 0) is 24.2 Å². The lowest BCUT2D eigenvalue weighted by atomic mass is 9.97. The van der Waals surface area contributed by atoms with Crippen molar-refractivity contribution in [3.63, 3.8) is 0 Å². The summed E-state index contributed by atoms with van der Waals surface area (Å²) in [6.45, 7) is 1.16. The quantitative estimate of drug-likeness (QED) is 0.454. The monoisotopic (exact) mass is 425 g/mol. The number of carbonyl (C=O) groups is 2. The zero-order chi connectivity index (χ0) is 21.9. The molecule has 2 aromatic carbocycles. The Morgan fingerprint density at radius 3 is 2.78 bits per heavy atom. The molecule has 5 rings (SSSR count). The van der Waals surface area contributed by atoms with E-state index >= 15 is 0 Å². The van der Waals surface area contributed by atoms with Crippen molar-refractivity contribution in [1.82, 2.24) is 14.9 Å². The molecular formula is C25H23N5O2. The number of benzene rings is 2. The van der Waals surface area contributed by atoms with Crippen molar-refractivity contribution in [2.45, 2.75) is 19.4 Å². The fraction of sp³-hybridized carbons (Fsp3) is 0.160. The summed E-state index contributed by atoms with van der Waals surface area (Å²) in [4.78, 5) is 34.6. The summed E-state index contributed by atoms with van der Waals surface area (Å²) in [5, 5.41) is 6.83. The van der Waals surface area contributed by atoms with Crippen molar-refractivity contribution in [1.29, 1.82) is 0 Å². The van der Waals surface area contributed by atoms with Gasteiger partial charge in [0.15, 0.2) is 0 Å². The van der Waals surface area contributed by atoms with Gasteiger partial charge in [-0.25, -0.2) is 4.79 Å². The van der Waals surface area contributed by atoms with E-state index in [0.717, 1.165) is 39.0 Å². The molecule has 3 amide bonds. The molecule has 4 aromatic rings. The van der Waals surface area contributed by atoms with Crippen LogP contribution >= 0.6 is 0 Å². The topological polar surface area (TPSA) is 90.1 Å². The van der Waals surface area contributed by atoms with Crippen LogP contribution in [0.1, 0.15) is 16.7 Å². The standard InChI is InChI=1S/C25H23N5O2/c31-24(13-18-14-27-23-15-26-11-9-20(18)23)30-12-10-21-17(16-30)5-4-8-22(21)29-25(32)28-19-6-2-1-3-7-19/h1-9,11,14-15,27H,10,12-13,16H2,(H2,28,29,32). The molecule has 7 heteroatoms. The van der Waals surface area contributed by atoms with Crippen LogP contribution in [0.15, 0.2) is 73.2 Å². The SMILES string of the molecule is O=C(Nc1ccccc1)Nc1cccc2c1CCN(C(=O)Cc1c[nH]c3cnccc13)C2. The highest BCUT2D eigenvalue weighted by molar-refractivity contribution is 6.00. The number of aromatic nitrogens is 2. The lowest BCUT2D eigenvalue weighted by molar-refractivity contribution is -0.131. The van der Waals surface area contributed by atoms with Crippen molar-refractivity contribution in [3.05, 3.63) is 89.9 Å². The van der Waals surface area contributed by atoms with Gasteiger partial charge in [0.25, 0.3) is 0 Å². The van der Waals surface area contributed by atoms with Crippen LogP contribution in [0, 0.1) is 0 Å². The first kappa shape index (κ1) is 19.8. The summed E-state index contributed by atoms with van der Waals surface area (Å²) in [6, 6.07) is 16.8. The minimum atomic E-state index is -0.281. The molecule has 0 fully saturated rings. The highest BCUT2D eigenvalue weighted by Crippen LogP contribution is 2.27. The van der Waals surface area contributed by atoms with E-state index in [4.69, 9.17) is 0 Å². The number of urea groups is 1. The first-order valence-electron chi connectivity index (χ1n) is 10.6. The minimum Gasteiger partial charge on any atom is -0.360 e. The molecule has 160 valence electrons. The maximum atomic E-state index is 13.0. The van der Waals surface area contributed by atoms with E-state index in [9.17, 15) is 9.59 Å². The van der Waals surface area contributed by atoms with E-state index < -0.39 is 0 Å². The second-order valence-corrected chi connectivity index (χ2v) is 7.87. The Kier molecular flexibility index (Phi) is 5.29. The van der Waals surface area contributed by atoms with Crippen molar-refractivity contribution in [2.24, 2.45) is 0 Å². The fourth-order valence-corrected chi connectivity index (χ4v) is 4.20. The second kappa shape index (κ2) is 8.55. The number of anilines is 2. The van der Waals surface area contributed by atoms with Crippen LogP contribution in [-0.4, -0.2) is 33.4 Å². The number of aromatic amines is 1. The largest absolute Gasteiger partial charge is 0.360 e. The molecule has 7 nitrogen and oxygen atoms in total. The summed E-state index contributed by atoms with van der Waals surface area (Å²) < 4.78 is 0. The van der Waals surface area contributed by atoms with Crippen LogP contribution in [0.2, 0.25) is 0 Å². The number of carbonyl (C=O) groups excluding carboxylic acids is 2. The molecule has 32 heavy (non-hydrogen) atoms. The molecule has 0 radical (unpaired) electrons. The number of H-pyrrole nitrogens is 1. The van der Waals surface area contributed by atoms with E-state index in [0.29, 0.717) is 25.9 Å². The Hall–Kier alpha value is -4.13. The Labute approximate surface area is 185 Å². The van der Waals surface area contributed by atoms with E-state index in [-0.39, 0.29) is 11.9 Å². The van der Waals surface area contributed by atoms with E-state index in [1.807, 2.05) is 65.7 Å². The van der Waals surface area contributed by atoms with Crippen LogP contribution in [0.5, 0.6) is 0 Å². The molecule has 0 saturated carbocycles. The first-order chi connectivity index (χ1) is 15.7. The summed E-state index contributed by atoms with van der Waals surface area (Å²) in [6.07, 6.45) is 6.43. The summed E-state index contributed by atoms with van der Waals surface area (Å²) >= 11 is 0. The predicted molar refractivity (Wildman–Crippen MR) is 124 cm³/mol. The third kappa shape index (κ3) is 4.05.